The Morgan fingerprint density at radius 3 is 2.80 bits per heavy atom. The van der Waals surface area contributed by atoms with Gasteiger partial charge in [-0.25, -0.2) is 0 Å². The van der Waals surface area contributed by atoms with E-state index in [2.05, 4.69) is 30.4 Å². The van der Waals surface area contributed by atoms with Crippen molar-refractivity contribution in [3.63, 3.8) is 0 Å². The van der Waals surface area contributed by atoms with Crippen molar-refractivity contribution in [1.29, 1.82) is 0 Å². The van der Waals surface area contributed by atoms with Crippen LogP contribution in [0.5, 0.6) is 11.5 Å². The molecule has 0 aromatic heterocycles. The maximum Gasteiger partial charge on any atom is 0.161 e. The number of ether oxygens (including phenoxy) is 2. The van der Waals surface area contributed by atoms with Gasteiger partial charge in [0.25, 0.3) is 0 Å². The van der Waals surface area contributed by atoms with Crippen molar-refractivity contribution in [1.82, 2.24) is 5.32 Å². The third kappa shape index (κ3) is 4.32. The van der Waals surface area contributed by atoms with Gasteiger partial charge in [-0.2, -0.15) is 0 Å². The minimum Gasteiger partial charge on any atom is -0.490 e. The smallest absolute Gasteiger partial charge is 0.161 e. The van der Waals surface area contributed by atoms with E-state index in [4.69, 9.17) is 9.47 Å². The zero-order chi connectivity index (χ0) is 14.2. The molecule has 0 aliphatic carbocycles. The monoisotopic (exact) mass is 295 g/mol. The first-order valence-corrected chi connectivity index (χ1v) is 8.62. The van der Waals surface area contributed by atoms with E-state index in [0.717, 1.165) is 36.9 Å². The van der Waals surface area contributed by atoms with E-state index in [1.165, 1.54) is 18.4 Å². The first-order chi connectivity index (χ1) is 9.85. The van der Waals surface area contributed by atoms with E-state index >= 15 is 0 Å². The normalized spacial score (nSPS) is 18.2. The summed E-state index contributed by atoms with van der Waals surface area (Å²) < 4.78 is 11.6. The van der Waals surface area contributed by atoms with Crippen LogP contribution in [0.3, 0.4) is 0 Å². The van der Waals surface area contributed by atoms with Crippen LogP contribution in [-0.4, -0.2) is 25.6 Å². The molecule has 1 N–H and O–H groups in total. The second-order valence-electron chi connectivity index (χ2n) is 4.95. The molecule has 3 nitrogen and oxygen atoms in total. The molecule has 0 amide bonds. The lowest BCUT2D eigenvalue weighted by Gasteiger charge is -2.15. The maximum atomic E-state index is 5.86. The first-order valence-electron chi connectivity index (χ1n) is 7.57. The first kappa shape index (κ1) is 15.5. The van der Waals surface area contributed by atoms with Crippen LogP contribution in [-0.2, 0) is 0 Å². The highest BCUT2D eigenvalue weighted by Gasteiger charge is 2.19. The van der Waals surface area contributed by atoms with Gasteiger partial charge in [-0.05, 0) is 31.0 Å². The van der Waals surface area contributed by atoms with Crippen molar-refractivity contribution >= 4 is 11.8 Å². The molecule has 1 saturated heterocycles. The predicted octanol–water partition coefficient (Wildman–Crippen LogP) is 3.99. The number of hydrogen-bond donors (Lipinski definition) is 1. The lowest BCUT2D eigenvalue weighted by molar-refractivity contribution is 0.271. The number of nitrogens with one attached hydrogen (secondary N) is 1. The van der Waals surface area contributed by atoms with Gasteiger partial charge in [0, 0.05) is 17.7 Å². The van der Waals surface area contributed by atoms with Crippen molar-refractivity contribution in [2.24, 2.45) is 0 Å². The van der Waals surface area contributed by atoms with Crippen LogP contribution < -0.4 is 14.8 Å². The van der Waals surface area contributed by atoms with Crippen LogP contribution in [0.15, 0.2) is 18.2 Å². The molecule has 0 spiro atoms. The topological polar surface area (TPSA) is 30.5 Å². The SMILES string of the molecule is CCCCCOc1ccc(C2CNCS2)cc1OCC. The third-order valence-electron chi connectivity index (χ3n) is 3.36. The molecule has 1 aromatic rings. The Hall–Kier alpha value is -0.870. The molecule has 1 aliphatic heterocycles. The van der Waals surface area contributed by atoms with E-state index < -0.39 is 0 Å². The predicted molar refractivity (Wildman–Crippen MR) is 85.8 cm³/mol. The van der Waals surface area contributed by atoms with Gasteiger partial charge in [0.05, 0.1) is 13.2 Å². The van der Waals surface area contributed by atoms with Crippen molar-refractivity contribution in [3.8, 4) is 11.5 Å². The minimum atomic E-state index is 0.531. The van der Waals surface area contributed by atoms with Crippen molar-refractivity contribution in [2.75, 3.05) is 25.6 Å². The quantitative estimate of drug-likeness (QED) is 0.735. The van der Waals surface area contributed by atoms with E-state index in [-0.39, 0.29) is 0 Å². The summed E-state index contributed by atoms with van der Waals surface area (Å²) in [6.45, 7) is 6.69. The molecule has 1 aliphatic rings. The fourth-order valence-electron chi connectivity index (χ4n) is 2.27. The summed E-state index contributed by atoms with van der Waals surface area (Å²) in [5.41, 5.74) is 1.32. The summed E-state index contributed by atoms with van der Waals surface area (Å²) in [6.07, 6.45) is 3.53. The summed E-state index contributed by atoms with van der Waals surface area (Å²) in [6, 6.07) is 6.37. The van der Waals surface area contributed by atoms with Gasteiger partial charge in [0.1, 0.15) is 0 Å². The van der Waals surface area contributed by atoms with Crippen LogP contribution in [0.4, 0.5) is 0 Å². The van der Waals surface area contributed by atoms with Crippen molar-refractivity contribution in [3.05, 3.63) is 23.8 Å². The van der Waals surface area contributed by atoms with Crippen LogP contribution in [0.25, 0.3) is 0 Å². The van der Waals surface area contributed by atoms with Gasteiger partial charge in [0.2, 0.25) is 0 Å². The number of rotatable bonds is 8. The second kappa shape index (κ2) is 8.42. The van der Waals surface area contributed by atoms with Crippen LogP contribution in [0.2, 0.25) is 0 Å². The molecule has 0 bridgehead atoms. The molecule has 1 atom stereocenters. The molecule has 20 heavy (non-hydrogen) atoms. The Bertz CT molecular complexity index is 405. The zero-order valence-corrected chi connectivity index (χ0v) is 13.3. The summed E-state index contributed by atoms with van der Waals surface area (Å²) >= 11 is 1.95. The fourth-order valence-corrected chi connectivity index (χ4v) is 3.28. The molecule has 1 unspecified atom stereocenters. The number of unbranched alkanes of at least 4 members (excludes halogenated alkanes) is 2. The van der Waals surface area contributed by atoms with Crippen LogP contribution >= 0.6 is 11.8 Å². The molecular formula is C16H25NO2S. The van der Waals surface area contributed by atoms with E-state index in [9.17, 15) is 0 Å². The lowest BCUT2D eigenvalue weighted by Crippen LogP contribution is -2.08. The maximum absolute atomic E-state index is 5.86. The second-order valence-corrected chi connectivity index (χ2v) is 6.14. The van der Waals surface area contributed by atoms with E-state index in [1.807, 2.05) is 18.7 Å². The third-order valence-corrected chi connectivity index (χ3v) is 4.57. The van der Waals surface area contributed by atoms with E-state index in [1.54, 1.807) is 0 Å². The Balaban J connectivity index is 2.02. The molecule has 0 saturated carbocycles. The fraction of sp³-hybridized carbons (Fsp3) is 0.625. The summed E-state index contributed by atoms with van der Waals surface area (Å²) in [5.74, 6) is 2.79. The Morgan fingerprint density at radius 1 is 1.20 bits per heavy atom. The largest absolute Gasteiger partial charge is 0.490 e. The van der Waals surface area contributed by atoms with Gasteiger partial charge in [0.15, 0.2) is 11.5 Å². The van der Waals surface area contributed by atoms with Gasteiger partial charge >= 0.3 is 0 Å². The highest BCUT2D eigenvalue weighted by atomic mass is 32.2. The summed E-state index contributed by atoms with van der Waals surface area (Å²) in [4.78, 5) is 0. The molecule has 1 aromatic carbocycles. The number of hydrogen-bond acceptors (Lipinski definition) is 4. The molecule has 0 radical (unpaired) electrons. The molecule has 1 heterocycles. The number of benzene rings is 1. The highest BCUT2D eigenvalue weighted by molar-refractivity contribution is 7.99. The average Bonchev–Trinajstić information content (AvgIpc) is 2.99. The van der Waals surface area contributed by atoms with Crippen molar-refractivity contribution < 1.29 is 9.47 Å². The highest BCUT2D eigenvalue weighted by Crippen LogP contribution is 2.37. The Kier molecular flexibility index (Phi) is 6.54. The standard InChI is InChI=1S/C16H25NO2S/c1-3-5-6-9-19-14-8-7-13(10-15(14)18-4-2)16-11-17-12-20-16/h7-8,10,16-17H,3-6,9,11-12H2,1-2H3. The van der Waals surface area contributed by atoms with Gasteiger partial charge in [-0.15, -0.1) is 11.8 Å². The zero-order valence-electron chi connectivity index (χ0n) is 12.5. The molecule has 112 valence electrons. The number of thioether (sulfide) groups is 1. The molecule has 2 rings (SSSR count). The Labute approximate surface area is 126 Å². The molecular weight excluding hydrogens is 270 g/mol. The van der Waals surface area contributed by atoms with Crippen LogP contribution in [0.1, 0.15) is 43.9 Å². The van der Waals surface area contributed by atoms with Crippen molar-refractivity contribution in [2.45, 2.75) is 38.4 Å². The lowest BCUT2D eigenvalue weighted by atomic mass is 10.1. The van der Waals surface area contributed by atoms with Crippen LogP contribution in [0, 0.1) is 0 Å². The molecule has 4 heteroatoms. The average molecular weight is 295 g/mol. The van der Waals surface area contributed by atoms with E-state index in [0.29, 0.717) is 11.9 Å². The Morgan fingerprint density at radius 2 is 2.10 bits per heavy atom. The molecule has 1 fully saturated rings. The summed E-state index contributed by atoms with van der Waals surface area (Å²) in [7, 11) is 0. The summed E-state index contributed by atoms with van der Waals surface area (Å²) in [5, 5.41) is 3.91. The minimum absolute atomic E-state index is 0.531. The van der Waals surface area contributed by atoms with Gasteiger partial charge < -0.3 is 14.8 Å². The van der Waals surface area contributed by atoms with Gasteiger partial charge in [-0.1, -0.05) is 25.8 Å². The van der Waals surface area contributed by atoms with Gasteiger partial charge in [-0.3, -0.25) is 0 Å².